The fraction of sp³-hybridized carbons (Fsp3) is 0.500. The average Bonchev–Trinajstić information content (AvgIpc) is 4.01. The van der Waals surface area contributed by atoms with Gasteiger partial charge in [0.2, 0.25) is 12.0 Å². The van der Waals surface area contributed by atoms with Gasteiger partial charge in [-0.15, -0.1) is 0 Å². The first-order chi connectivity index (χ1) is 32.6. The zero-order valence-electron chi connectivity index (χ0n) is 39.3. The lowest BCUT2D eigenvalue weighted by Gasteiger charge is -2.63. The smallest absolute Gasteiger partial charge is 0.344 e. The van der Waals surface area contributed by atoms with Crippen LogP contribution in [-0.2, 0) is 50.6 Å². The Morgan fingerprint density at radius 1 is 0.956 bits per heavy atom. The van der Waals surface area contributed by atoms with Gasteiger partial charge in [-0.25, -0.2) is 4.79 Å². The predicted molar refractivity (Wildman–Crippen MR) is 256 cm³/mol. The van der Waals surface area contributed by atoms with Crippen molar-refractivity contribution in [3.8, 4) is 5.75 Å². The number of carbonyl (C=O) groups excluding carboxylic acids is 4. The molecule has 4 aromatic rings. The first-order valence-corrected chi connectivity index (χ1v) is 24.8. The third-order valence-electron chi connectivity index (χ3n) is 16.6. The Hall–Kier alpha value is -4.90. The average molecular weight is 968 g/mol. The Balaban J connectivity index is 1.27. The topological polar surface area (TPSA) is 171 Å². The van der Waals surface area contributed by atoms with Crippen LogP contribution in [-0.4, -0.2) is 133 Å². The number of fused-ring (bicyclic) bond motifs is 6. The molecular formula is C52H59ClN4O10S. The first-order valence-electron chi connectivity index (χ1n) is 23.6. The van der Waals surface area contributed by atoms with Crippen molar-refractivity contribution in [1.82, 2.24) is 14.8 Å². The Morgan fingerprint density at radius 3 is 2.43 bits per heavy atom. The molecule has 6 heterocycles. The number of piperidine rings is 1. The van der Waals surface area contributed by atoms with E-state index in [1.54, 1.807) is 17.8 Å². The normalized spacial score (nSPS) is 33.5. The van der Waals surface area contributed by atoms with Crippen molar-refractivity contribution in [3.05, 3.63) is 94.2 Å². The number of hydrogen-bond donors (Lipinski definition) is 3. The van der Waals surface area contributed by atoms with Crippen molar-refractivity contribution in [2.75, 3.05) is 59.0 Å². The van der Waals surface area contributed by atoms with Crippen LogP contribution < -0.4 is 9.64 Å². The number of esters is 3. The lowest BCUT2D eigenvalue weighted by molar-refractivity contribution is -0.228. The van der Waals surface area contributed by atoms with E-state index in [2.05, 4.69) is 20.9 Å². The highest BCUT2D eigenvalue weighted by molar-refractivity contribution is 7.99. The van der Waals surface area contributed by atoms with Gasteiger partial charge in [0.1, 0.15) is 11.2 Å². The van der Waals surface area contributed by atoms with Gasteiger partial charge in [0.05, 0.1) is 43.7 Å². The van der Waals surface area contributed by atoms with Gasteiger partial charge in [-0.1, -0.05) is 61.5 Å². The molecule has 10 rings (SSSR count). The number of amides is 1. The molecule has 1 aliphatic carbocycles. The number of anilines is 1. The molecule has 3 aromatic carbocycles. The number of carbonyl (C=O) groups is 4. The van der Waals surface area contributed by atoms with Crippen molar-refractivity contribution >= 4 is 64.3 Å². The minimum atomic E-state index is -2.56. The number of methoxy groups -OCH3 is 3. The SMILES string of the molecule is CC[C@]1(O)C[C@H]2CN(CCc3c([nH]c4ccc(Sc5ccccc5Cl)cc34)[C@@](C(=O)OC)(c3cc4c(cc3OC)N(C=O)[C@H]3[C@@](O)(C(=O)OC)[C@H](OC(C)=O)[C@]5(CC)C=CCN6CC[C@]43[C@@H]65)C2)C1. The fourth-order valence-electron chi connectivity index (χ4n) is 14.1. The third kappa shape index (κ3) is 6.51. The summed E-state index contributed by atoms with van der Waals surface area (Å²) in [7, 11) is 4.09. The van der Waals surface area contributed by atoms with Crippen LogP contribution in [0.5, 0.6) is 5.75 Å². The minimum Gasteiger partial charge on any atom is -0.496 e. The Labute approximate surface area is 405 Å². The quantitative estimate of drug-likeness (QED) is 0.0699. The summed E-state index contributed by atoms with van der Waals surface area (Å²) in [5, 5.41) is 27.1. The number of ether oxygens (including phenoxy) is 4. The van der Waals surface area contributed by atoms with Crippen molar-refractivity contribution in [2.24, 2.45) is 11.3 Å². The number of rotatable bonds is 10. The summed E-state index contributed by atoms with van der Waals surface area (Å²) < 4.78 is 23.9. The van der Waals surface area contributed by atoms with Crippen molar-refractivity contribution in [3.63, 3.8) is 0 Å². The van der Waals surface area contributed by atoms with Gasteiger partial charge in [0.15, 0.2) is 6.10 Å². The van der Waals surface area contributed by atoms with E-state index in [1.165, 1.54) is 33.2 Å². The number of H-pyrrole nitrogens is 1. The van der Waals surface area contributed by atoms with Crippen LogP contribution in [0.3, 0.4) is 0 Å². The molecule has 3 N–H and O–H groups in total. The molecule has 1 saturated carbocycles. The molecule has 16 heteroatoms. The highest BCUT2D eigenvalue weighted by Crippen LogP contribution is 2.68. The van der Waals surface area contributed by atoms with Crippen molar-refractivity contribution < 1.29 is 48.3 Å². The Bertz CT molecular complexity index is 2770. The number of nitrogens with one attached hydrogen (secondary N) is 1. The summed E-state index contributed by atoms with van der Waals surface area (Å²) in [4.78, 5) is 68.8. The third-order valence-corrected chi connectivity index (χ3v) is 18.1. The van der Waals surface area contributed by atoms with Crippen LogP contribution in [0.15, 0.2) is 76.5 Å². The number of aromatic nitrogens is 1. The van der Waals surface area contributed by atoms with Crippen LogP contribution in [0.1, 0.15) is 75.3 Å². The largest absolute Gasteiger partial charge is 0.496 e. The molecule has 2 bridgehead atoms. The van der Waals surface area contributed by atoms with E-state index >= 15 is 4.79 Å². The lowest BCUT2D eigenvalue weighted by atomic mass is 9.47. The monoisotopic (exact) mass is 966 g/mol. The van der Waals surface area contributed by atoms with E-state index in [0.717, 1.165) is 26.3 Å². The molecule has 1 spiro atoms. The molecule has 5 aliphatic heterocycles. The molecule has 1 unspecified atom stereocenters. The summed E-state index contributed by atoms with van der Waals surface area (Å²) >= 11 is 8.21. The summed E-state index contributed by atoms with van der Waals surface area (Å²) in [6.45, 7) is 8.00. The van der Waals surface area contributed by atoms with Crippen LogP contribution in [0.2, 0.25) is 5.02 Å². The Kier molecular flexibility index (Phi) is 11.6. The Morgan fingerprint density at radius 2 is 1.74 bits per heavy atom. The summed E-state index contributed by atoms with van der Waals surface area (Å²) in [5.41, 5.74) is -3.55. The molecular weight excluding hydrogens is 908 g/mol. The zero-order chi connectivity index (χ0) is 48.1. The molecule has 3 fully saturated rings. The second-order valence-electron chi connectivity index (χ2n) is 19.8. The highest BCUT2D eigenvalue weighted by Gasteiger charge is 2.81. The molecule has 0 radical (unpaired) electrons. The van der Waals surface area contributed by atoms with Gasteiger partial charge in [-0.3, -0.25) is 24.2 Å². The zero-order valence-corrected chi connectivity index (χ0v) is 40.9. The lowest BCUT2D eigenvalue weighted by Crippen LogP contribution is -2.81. The summed E-state index contributed by atoms with van der Waals surface area (Å²) in [6.07, 6.45) is 5.61. The van der Waals surface area contributed by atoms with Gasteiger partial charge in [0, 0.05) is 88.0 Å². The fourth-order valence-corrected chi connectivity index (χ4v) is 15.2. The number of aromatic amines is 1. The highest BCUT2D eigenvalue weighted by atomic mass is 35.5. The number of benzene rings is 3. The van der Waals surface area contributed by atoms with Crippen LogP contribution >= 0.6 is 23.4 Å². The number of nitrogens with zero attached hydrogens (tertiary/aromatic N) is 3. The van der Waals surface area contributed by atoms with Gasteiger partial charge >= 0.3 is 17.9 Å². The van der Waals surface area contributed by atoms with Crippen LogP contribution in [0.4, 0.5) is 5.69 Å². The number of aliphatic hydroxyl groups is 2. The van der Waals surface area contributed by atoms with Gasteiger partial charge in [0.25, 0.3) is 0 Å². The van der Waals surface area contributed by atoms with E-state index in [9.17, 15) is 24.6 Å². The minimum absolute atomic E-state index is 0.200. The van der Waals surface area contributed by atoms with Gasteiger partial charge < -0.3 is 39.0 Å². The van der Waals surface area contributed by atoms with Crippen LogP contribution in [0.25, 0.3) is 10.9 Å². The second kappa shape index (κ2) is 16.9. The van der Waals surface area contributed by atoms with E-state index in [-0.39, 0.29) is 18.1 Å². The van der Waals surface area contributed by atoms with E-state index in [4.69, 9.17) is 30.5 Å². The van der Waals surface area contributed by atoms with E-state index in [1.807, 2.05) is 68.5 Å². The predicted octanol–water partition coefficient (Wildman–Crippen LogP) is 6.32. The molecule has 360 valence electrons. The van der Waals surface area contributed by atoms with Gasteiger partial charge in [-0.2, -0.15) is 0 Å². The molecule has 10 atom stereocenters. The summed E-state index contributed by atoms with van der Waals surface area (Å²) in [6, 6.07) is 15.8. The van der Waals surface area contributed by atoms with Crippen molar-refractivity contribution in [2.45, 2.75) is 109 Å². The molecule has 1 aromatic heterocycles. The maximum absolute atomic E-state index is 15.6. The first kappa shape index (κ1) is 46.8. The molecule has 14 nitrogen and oxygen atoms in total. The molecule has 1 amide bonds. The number of halogens is 1. The molecule has 68 heavy (non-hydrogen) atoms. The second-order valence-corrected chi connectivity index (χ2v) is 21.3. The maximum atomic E-state index is 15.6. The standard InChI is InChI=1S/C52H59ClN4O10S/c1-7-48(62)25-31-26-51(46(60)65-5,42-33(16-20-55(27-31)28-48)34-22-32(14-15-38(34)54-42)68-41-13-10-9-12-37(41)53)36-23-35-39(24-40(36)64-4)57(29-58)44-50(35)18-21-56-19-11-17-49(8-2,43(50)56)45(67-30(3)59)52(44,63)47(61)66-6/h9-15,17,22-24,29,31,43-45,54,62-63H,7-8,16,18-21,25-28H2,1-6H3/t31-,43+,44-,45-,48+,49-,50-,51+,52+/m1/s1. The van der Waals surface area contributed by atoms with Gasteiger partial charge in [-0.05, 0) is 98.5 Å². The van der Waals surface area contributed by atoms with Crippen molar-refractivity contribution in [1.29, 1.82) is 0 Å². The van der Waals surface area contributed by atoms with E-state index in [0.29, 0.717) is 98.8 Å². The van der Waals surface area contributed by atoms with E-state index < -0.39 is 63.5 Å². The van der Waals surface area contributed by atoms with Crippen LogP contribution in [0, 0.1) is 11.3 Å². The molecule has 6 aliphatic rings. The number of hydrogen-bond acceptors (Lipinski definition) is 13. The summed E-state index contributed by atoms with van der Waals surface area (Å²) in [5.74, 6) is -2.18. The molecule has 2 saturated heterocycles. The maximum Gasteiger partial charge on any atom is 0.344 e.